The van der Waals surface area contributed by atoms with Gasteiger partial charge in [0.1, 0.15) is 0 Å². The summed E-state index contributed by atoms with van der Waals surface area (Å²) >= 11 is 0. The van der Waals surface area contributed by atoms with Crippen LogP contribution in [0.4, 0.5) is 0 Å². The molecule has 0 heterocycles. The standard InChI is InChI=1S/C13H24O.C13H22O.W/c2*1-12(2,3)9-7-11(14)8-10-13(4,5)6;/h9-10H,7-8H2,1-6H3;7-10H,1-6H3;/q-2;;+2/b;9-7+,10-8+;. The molecule has 0 aromatic heterocycles. The van der Waals surface area contributed by atoms with E-state index in [4.69, 9.17) is 0 Å². The first-order chi connectivity index (χ1) is 12.2. The van der Waals surface area contributed by atoms with Crippen molar-refractivity contribution in [2.24, 2.45) is 21.7 Å². The van der Waals surface area contributed by atoms with Crippen LogP contribution in [-0.2, 0) is 30.7 Å². The third-order valence-electron chi connectivity index (χ3n) is 3.38. The third kappa shape index (κ3) is 32.4. The molecule has 2 nitrogen and oxygen atoms in total. The molecule has 0 radical (unpaired) electrons. The van der Waals surface area contributed by atoms with Gasteiger partial charge < -0.3 is 17.6 Å². The van der Waals surface area contributed by atoms with Crippen LogP contribution in [0, 0.1) is 34.5 Å². The maximum Gasteiger partial charge on any atom is 2.00 e. The summed E-state index contributed by atoms with van der Waals surface area (Å²) in [5.41, 5.74) is 0.450. The first-order valence-electron chi connectivity index (χ1n) is 10.3. The summed E-state index contributed by atoms with van der Waals surface area (Å²) < 4.78 is 0. The molecule has 168 valence electrons. The fourth-order valence-electron chi connectivity index (χ4n) is 1.64. The number of Topliss-reactive ketones (excluding diaryl/α,β-unsaturated/α-hetero) is 1. The minimum atomic E-state index is 0. The summed E-state index contributed by atoms with van der Waals surface area (Å²) in [5.74, 6) is 0.379. The Morgan fingerprint density at radius 3 is 1.10 bits per heavy atom. The Labute approximate surface area is 196 Å². The van der Waals surface area contributed by atoms with Gasteiger partial charge in [-0.2, -0.15) is 10.8 Å². The first-order valence-corrected chi connectivity index (χ1v) is 10.3. The average Bonchev–Trinajstić information content (AvgIpc) is 2.44. The zero-order chi connectivity index (χ0) is 22.8. The molecule has 0 saturated heterocycles. The van der Waals surface area contributed by atoms with Gasteiger partial charge in [0, 0.05) is 0 Å². The van der Waals surface area contributed by atoms with Gasteiger partial charge in [-0.3, -0.25) is 4.79 Å². The van der Waals surface area contributed by atoms with Gasteiger partial charge in [0.15, 0.2) is 5.78 Å². The molecule has 0 aliphatic heterocycles. The van der Waals surface area contributed by atoms with Crippen molar-refractivity contribution in [2.45, 2.75) is 95.9 Å². The molecule has 0 fully saturated rings. The van der Waals surface area contributed by atoms with E-state index in [0.29, 0.717) is 18.6 Å². The zero-order valence-corrected chi connectivity index (χ0v) is 24.0. The fourth-order valence-corrected chi connectivity index (χ4v) is 1.64. The van der Waals surface area contributed by atoms with Gasteiger partial charge in [0.25, 0.3) is 0 Å². The quantitative estimate of drug-likeness (QED) is 0.242. The number of carbonyl (C=O) groups excluding carboxylic acids is 2. The van der Waals surface area contributed by atoms with E-state index in [9.17, 15) is 9.59 Å². The van der Waals surface area contributed by atoms with Gasteiger partial charge in [0.2, 0.25) is 0 Å². The van der Waals surface area contributed by atoms with Crippen molar-refractivity contribution in [2.75, 3.05) is 0 Å². The molecule has 0 spiro atoms. The second-order valence-corrected chi connectivity index (χ2v) is 11.9. The van der Waals surface area contributed by atoms with E-state index in [1.807, 2.05) is 12.2 Å². The van der Waals surface area contributed by atoms with E-state index in [-0.39, 0.29) is 48.5 Å². The van der Waals surface area contributed by atoms with Gasteiger partial charge >= 0.3 is 21.1 Å². The predicted octanol–water partition coefficient (Wildman–Crippen LogP) is 7.59. The van der Waals surface area contributed by atoms with Crippen molar-refractivity contribution >= 4 is 11.6 Å². The Morgan fingerprint density at radius 1 is 0.621 bits per heavy atom. The molecule has 0 aliphatic rings. The van der Waals surface area contributed by atoms with Crippen LogP contribution in [-0.4, -0.2) is 11.6 Å². The molecule has 0 N–H and O–H groups in total. The molecule has 0 bridgehead atoms. The average molecular weight is 574 g/mol. The molecule has 0 aromatic carbocycles. The number of allylic oxidation sites excluding steroid dienone is 4. The van der Waals surface area contributed by atoms with E-state index >= 15 is 0 Å². The second-order valence-electron chi connectivity index (χ2n) is 11.9. The van der Waals surface area contributed by atoms with Gasteiger partial charge in [-0.15, -0.1) is 12.8 Å². The SMILES string of the molecule is CC(C)(C)/C=C/C(=O)/C=C/C(C)(C)C.CC(C)(C)[CH-]CC(=O)C[CH-]C(C)(C)C.[W+2]. The maximum atomic E-state index is 11.5. The molecule has 0 amide bonds. The summed E-state index contributed by atoms with van der Waals surface area (Å²) in [7, 11) is 0. The summed E-state index contributed by atoms with van der Waals surface area (Å²) in [5, 5.41) is 0. The van der Waals surface area contributed by atoms with Crippen LogP contribution in [0.3, 0.4) is 0 Å². The van der Waals surface area contributed by atoms with Gasteiger partial charge in [-0.1, -0.05) is 95.2 Å². The summed E-state index contributed by atoms with van der Waals surface area (Å²) in [6.45, 7) is 25.2. The topological polar surface area (TPSA) is 34.1 Å². The van der Waals surface area contributed by atoms with Crippen molar-refractivity contribution in [3.8, 4) is 0 Å². The van der Waals surface area contributed by atoms with Crippen molar-refractivity contribution in [1.82, 2.24) is 0 Å². The largest absolute Gasteiger partial charge is 2.00 e. The molecule has 0 unspecified atom stereocenters. The predicted molar refractivity (Wildman–Crippen MR) is 124 cm³/mol. The fraction of sp³-hybridized carbons (Fsp3) is 0.692. The first kappa shape index (κ1) is 33.2. The Balaban J connectivity index is -0.000000451. The Hall–Kier alpha value is -0.492. The monoisotopic (exact) mass is 574 g/mol. The van der Waals surface area contributed by atoms with Crippen LogP contribution < -0.4 is 0 Å². The molecule has 0 aliphatic carbocycles. The molecule has 29 heavy (non-hydrogen) atoms. The van der Waals surface area contributed by atoms with Gasteiger partial charge in [0.05, 0.1) is 5.78 Å². The number of hydrogen-bond donors (Lipinski definition) is 0. The minimum absolute atomic E-state index is 0. The van der Waals surface area contributed by atoms with Gasteiger partial charge in [-0.25, -0.2) is 0 Å². The van der Waals surface area contributed by atoms with E-state index < -0.39 is 0 Å². The summed E-state index contributed by atoms with van der Waals surface area (Å²) in [4.78, 5) is 22.8. The Morgan fingerprint density at radius 2 is 0.897 bits per heavy atom. The molecule has 0 rings (SSSR count). The minimum Gasteiger partial charge on any atom is -0.316 e. The third-order valence-corrected chi connectivity index (χ3v) is 3.38. The van der Waals surface area contributed by atoms with Crippen LogP contribution in [0.25, 0.3) is 0 Å². The van der Waals surface area contributed by atoms with Crippen molar-refractivity contribution in [1.29, 1.82) is 0 Å². The second kappa shape index (κ2) is 13.7. The van der Waals surface area contributed by atoms with Gasteiger partial charge in [-0.05, 0) is 23.0 Å². The number of hydrogen-bond acceptors (Lipinski definition) is 2. The summed E-state index contributed by atoms with van der Waals surface area (Å²) in [6, 6.07) is 0. The maximum absolute atomic E-state index is 11.5. The summed E-state index contributed by atoms with van der Waals surface area (Å²) in [6.07, 6.45) is 12.5. The molecule has 0 saturated carbocycles. The zero-order valence-electron chi connectivity index (χ0n) is 21.1. The number of carbonyl (C=O) groups is 2. The molecule has 0 atom stereocenters. The van der Waals surface area contributed by atoms with Crippen LogP contribution >= 0.6 is 0 Å². The van der Waals surface area contributed by atoms with Crippen molar-refractivity contribution < 1.29 is 30.7 Å². The van der Waals surface area contributed by atoms with E-state index in [1.165, 1.54) is 0 Å². The van der Waals surface area contributed by atoms with E-state index in [0.717, 1.165) is 0 Å². The number of rotatable bonds is 6. The smallest absolute Gasteiger partial charge is 0.316 e. The van der Waals surface area contributed by atoms with Crippen molar-refractivity contribution in [3.63, 3.8) is 0 Å². The molecular weight excluding hydrogens is 528 g/mol. The van der Waals surface area contributed by atoms with Crippen LogP contribution in [0.5, 0.6) is 0 Å². The molecule has 0 aromatic rings. The Bertz CT molecular complexity index is 481. The normalized spacial score (nSPS) is 13.1. The van der Waals surface area contributed by atoms with Crippen LogP contribution in [0.1, 0.15) is 95.9 Å². The van der Waals surface area contributed by atoms with Crippen molar-refractivity contribution in [3.05, 3.63) is 37.1 Å². The number of ketones is 2. The van der Waals surface area contributed by atoms with Crippen LogP contribution in [0.15, 0.2) is 24.3 Å². The van der Waals surface area contributed by atoms with E-state index in [1.54, 1.807) is 12.2 Å². The molecule has 3 heteroatoms. The van der Waals surface area contributed by atoms with Crippen LogP contribution in [0.2, 0.25) is 0 Å². The van der Waals surface area contributed by atoms with E-state index in [2.05, 4.69) is 95.9 Å². The molecular formula is C26H46O2W. The Kier molecular flexibility index (Phi) is 15.7.